The Kier molecular flexibility index (Phi) is 7.82. The van der Waals surface area contributed by atoms with Crippen molar-refractivity contribution in [3.63, 3.8) is 0 Å². The van der Waals surface area contributed by atoms with E-state index in [-0.39, 0.29) is 40.4 Å². The number of aliphatic hydroxyl groups is 1. The number of amides is 3. The van der Waals surface area contributed by atoms with Gasteiger partial charge in [0.05, 0.1) is 16.6 Å². The minimum Gasteiger partial charge on any atom is -0.396 e. The van der Waals surface area contributed by atoms with E-state index in [9.17, 15) is 19.5 Å². The molecule has 3 amide bonds. The Morgan fingerprint density at radius 1 is 1.31 bits per heavy atom. The van der Waals surface area contributed by atoms with Crippen LogP contribution < -0.4 is 0 Å². The number of aliphatic hydroxyl groups excluding tert-OH is 1. The van der Waals surface area contributed by atoms with E-state index in [1.807, 2.05) is 13.8 Å². The number of alkyl halides is 1. The number of fused-ring (bicyclic) bond motifs is 1. The van der Waals surface area contributed by atoms with Gasteiger partial charge in [-0.25, -0.2) is 0 Å². The Morgan fingerprint density at radius 2 is 1.97 bits per heavy atom. The number of hydrogen-bond acceptors (Lipinski definition) is 5. The van der Waals surface area contributed by atoms with Crippen molar-refractivity contribution in [1.29, 1.82) is 0 Å². The van der Waals surface area contributed by atoms with Crippen molar-refractivity contribution >= 4 is 45.4 Å². The van der Waals surface area contributed by atoms with Gasteiger partial charge in [0.2, 0.25) is 17.7 Å². The standard InChI is InChI=1S/C23H34BrN3O4S/c1-6-9-25(5)20(29)16-17-21(30)27(11-8-12-28)19(22(31)26(10-7-2)14(3)4)23(17)13-15(24)18(16)32-23/h6-7,14-19,28H,1-2,8-13H2,3-5H3/t15?,16-,17-,18-,19?,23?/m0/s1. The molecule has 3 aliphatic rings. The van der Waals surface area contributed by atoms with Crippen molar-refractivity contribution in [2.45, 2.75) is 53.6 Å². The zero-order valence-electron chi connectivity index (χ0n) is 19.1. The Labute approximate surface area is 203 Å². The van der Waals surface area contributed by atoms with E-state index in [0.717, 1.165) is 0 Å². The smallest absolute Gasteiger partial charge is 0.247 e. The van der Waals surface area contributed by atoms with E-state index < -0.39 is 22.6 Å². The van der Waals surface area contributed by atoms with Gasteiger partial charge < -0.3 is 19.8 Å². The summed E-state index contributed by atoms with van der Waals surface area (Å²) in [6.45, 7) is 12.5. The molecule has 32 heavy (non-hydrogen) atoms. The van der Waals surface area contributed by atoms with Crippen LogP contribution in [0.25, 0.3) is 0 Å². The highest BCUT2D eigenvalue weighted by molar-refractivity contribution is 9.09. The molecule has 3 rings (SSSR count). The molecule has 3 unspecified atom stereocenters. The first-order valence-corrected chi connectivity index (χ1v) is 13.0. The summed E-state index contributed by atoms with van der Waals surface area (Å²) in [5.41, 5.74) is 0. The van der Waals surface area contributed by atoms with Gasteiger partial charge in [0.1, 0.15) is 6.04 Å². The van der Waals surface area contributed by atoms with E-state index in [1.54, 1.807) is 45.7 Å². The number of likely N-dealkylation sites (N-methyl/N-ethyl adjacent to an activating group) is 1. The fraction of sp³-hybridized carbons (Fsp3) is 0.696. The fourth-order valence-corrected chi connectivity index (χ4v) is 9.16. The average Bonchev–Trinajstić information content (AvgIpc) is 3.33. The van der Waals surface area contributed by atoms with E-state index >= 15 is 0 Å². The second-order valence-corrected chi connectivity index (χ2v) is 11.9. The van der Waals surface area contributed by atoms with Gasteiger partial charge in [-0.1, -0.05) is 28.1 Å². The predicted molar refractivity (Wildman–Crippen MR) is 131 cm³/mol. The van der Waals surface area contributed by atoms with Crippen LogP contribution in [0.4, 0.5) is 0 Å². The van der Waals surface area contributed by atoms with Gasteiger partial charge in [-0.15, -0.1) is 24.9 Å². The summed E-state index contributed by atoms with van der Waals surface area (Å²) in [5.74, 6) is -1.35. The summed E-state index contributed by atoms with van der Waals surface area (Å²) in [5, 5.41) is 9.37. The Balaban J connectivity index is 2.06. The number of rotatable bonds is 10. The molecule has 6 atom stereocenters. The summed E-state index contributed by atoms with van der Waals surface area (Å²) >= 11 is 5.40. The molecule has 7 nitrogen and oxygen atoms in total. The van der Waals surface area contributed by atoms with Crippen molar-refractivity contribution < 1.29 is 19.5 Å². The van der Waals surface area contributed by atoms with Crippen LogP contribution in [0.1, 0.15) is 26.7 Å². The predicted octanol–water partition coefficient (Wildman–Crippen LogP) is 1.90. The van der Waals surface area contributed by atoms with Crippen LogP contribution in [0.3, 0.4) is 0 Å². The number of likely N-dealkylation sites (tertiary alicyclic amines) is 1. The second-order valence-electron chi connectivity index (χ2n) is 9.15. The molecule has 0 aromatic heterocycles. The summed E-state index contributed by atoms with van der Waals surface area (Å²) < 4.78 is -0.661. The van der Waals surface area contributed by atoms with Crippen molar-refractivity contribution in [2.75, 3.05) is 33.3 Å². The van der Waals surface area contributed by atoms with Crippen LogP contribution in [0.5, 0.6) is 0 Å². The zero-order valence-corrected chi connectivity index (χ0v) is 21.5. The van der Waals surface area contributed by atoms with Gasteiger partial charge >= 0.3 is 0 Å². The average molecular weight is 529 g/mol. The first-order valence-electron chi connectivity index (χ1n) is 11.2. The molecule has 0 aliphatic carbocycles. The highest BCUT2D eigenvalue weighted by Crippen LogP contribution is 2.68. The molecule has 1 spiro atoms. The van der Waals surface area contributed by atoms with Crippen molar-refractivity contribution in [3.8, 4) is 0 Å². The first kappa shape index (κ1) is 25.3. The molecular formula is C23H34BrN3O4S. The number of carbonyl (C=O) groups excluding carboxylic acids is 3. The quantitative estimate of drug-likeness (QED) is 0.346. The Bertz CT molecular complexity index is 793. The molecule has 3 saturated heterocycles. The third-order valence-electron chi connectivity index (χ3n) is 6.88. The Morgan fingerprint density at radius 3 is 2.53 bits per heavy atom. The topological polar surface area (TPSA) is 81.2 Å². The normalized spacial score (nSPS) is 32.9. The minimum absolute atomic E-state index is 0.0441. The molecule has 3 heterocycles. The zero-order chi connectivity index (χ0) is 23.8. The highest BCUT2D eigenvalue weighted by Gasteiger charge is 2.75. The number of halogens is 1. The van der Waals surface area contributed by atoms with Gasteiger partial charge in [-0.05, 0) is 26.7 Å². The molecule has 2 bridgehead atoms. The highest BCUT2D eigenvalue weighted by atomic mass is 79.9. The van der Waals surface area contributed by atoms with Crippen LogP contribution in [0.2, 0.25) is 0 Å². The maximum absolute atomic E-state index is 13.9. The van der Waals surface area contributed by atoms with Crippen molar-refractivity contribution in [3.05, 3.63) is 25.3 Å². The van der Waals surface area contributed by atoms with Crippen molar-refractivity contribution in [2.24, 2.45) is 11.8 Å². The maximum Gasteiger partial charge on any atom is 0.247 e. The number of nitrogens with zero attached hydrogens (tertiary/aromatic N) is 3. The molecule has 178 valence electrons. The fourth-order valence-electron chi connectivity index (χ4n) is 5.56. The molecule has 0 saturated carbocycles. The van der Waals surface area contributed by atoms with E-state index in [2.05, 4.69) is 29.1 Å². The lowest BCUT2D eigenvalue weighted by atomic mass is 9.70. The summed E-state index contributed by atoms with van der Waals surface area (Å²) in [6, 6.07) is -0.711. The summed E-state index contributed by atoms with van der Waals surface area (Å²) in [7, 11) is 1.73. The molecule has 0 aromatic carbocycles. The molecule has 3 aliphatic heterocycles. The lowest BCUT2D eigenvalue weighted by molar-refractivity contribution is -0.144. The van der Waals surface area contributed by atoms with Crippen LogP contribution in [0.15, 0.2) is 25.3 Å². The molecule has 9 heteroatoms. The van der Waals surface area contributed by atoms with E-state index in [0.29, 0.717) is 32.5 Å². The third kappa shape index (κ3) is 3.94. The van der Waals surface area contributed by atoms with Crippen LogP contribution in [-0.2, 0) is 14.4 Å². The van der Waals surface area contributed by atoms with Gasteiger partial charge in [-0.3, -0.25) is 14.4 Å². The van der Waals surface area contributed by atoms with Crippen LogP contribution >= 0.6 is 27.7 Å². The Hall–Kier alpha value is -1.32. The van der Waals surface area contributed by atoms with Gasteiger partial charge in [-0.2, -0.15) is 0 Å². The van der Waals surface area contributed by atoms with Crippen LogP contribution in [-0.4, -0.2) is 97.7 Å². The lowest BCUT2D eigenvalue weighted by Crippen LogP contribution is -2.57. The molecule has 0 aromatic rings. The molecular weight excluding hydrogens is 494 g/mol. The minimum atomic E-state index is -0.661. The second kappa shape index (κ2) is 9.89. The van der Waals surface area contributed by atoms with Gasteiger partial charge in [0.25, 0.3) is 0 Å². The van der Waals surface area contributed by atoms with E-state index in [4.69, 9.17) is 0 Å². The monoisotopic (exact) mass is 527 g/mol. The SMILES string of the molecule is C=CCN(C)C(=O)[C@H]1[C@H]2C(=O)N(CCCO)C(C(=O)N(CC=C)C(C)C)C23CC(Br)[C@@H]1S3. The van der Waals surface area contributed by atoms with E-state index in [1.165, 1.54) is 0 Å². The molecule has 0 radical (unpaired) electrons. The number of thioether (sulfide) groups is 1. The van der Waals surface area contributed by atoms with Crippen LogP contribution in [0, 0.1) is 11.8 Å². The summed E-state index contributed by atoms with van der Waals surface area (Å²) in [6.07, 6.45) is 4.42. The first-order chi connectivity index (χ1) is 15.2. The largest absolute Gasteiger partial charge is 0.396 e. The van der Waals surface area contributed by atoms with Gasteiger partial charge in [0, 0.05) is 49.4 Å². The van der Waals surface area contributed by atoms with Crippen molar-refractivity contribution in [1.82, 2.24) is 14.7 Å². The third-order valence-corrected chi connectivity index (χ3v) is 10.1. The number of carbonyl (C=O) groups is 3. The van der Waals surface area contributed by atoms with Gasteiger partial charge in [0.15, 0.2) is 0 Å². The molecule has 1 N–H and O–H groups in total. The maximum atomic E-state index is 13.9. The lowest BCUT2D eigenvalue weighted by Gasteiger charge is -2.39. The summed E-state index contributed by atoms with van der Waals surface area (Å²) in [4.78, 5) is 46.2. The number of hydrogen-bond donors (Lipinski definition) is 1. The molecule has 3 fully saturated rings.